The standard InChI is InChI=1S/C24H16/c1-4-8-20-15(5-1)9-10-17-13-18-11-12-21-19-7-3-2-6-16(19)14-22(21)24(18)23(17)20/h1-12H,13-14H2. The van der Waals surface area contributed by atoms with Crippen LogP contribution in [0.4, 0.5) is 0 Å². The van der Waals surface area contributed by atoms with Crippen molar-refractivity contribution >= 4 is 10.8 Å². The Hall–Kier alpha value is -2.86. The van der Waals surface area contributed by atoms with Gasteiger partial charge in [0.1, 0.15) is 0 Å². The van der Waals surface area contributed by atoms with Crippen molar-refractivity contribution in [3.63, 3.8) is 0 Å². The molecule has 0 bridgehead atoms. The lowest BCUT2D eigenvalue weighted by Crippen LogP contribution is -1.89. The first-order chi connectivity index (χ1) is 11.9. The smallest absolute Gasteiger partial charge is 0.000718 e. The molecule has 0 saturated heterocycles. The minimum atomic E-state index is 1.07. The molecule has 0 nitrogen and oxygen atoms in total. The molecule has 0 spiro atoms. The average Bonchev–Trinajstić information content (AvgIpc) is 3.19. The van der Waals surface area contributed by atoms with Gasteiger partial charge in [-0.2, -0.15) is 0 Å². The van der Waals surface area contributed by atoms with Gasteiger partial charge in [0, 0.05) is 0 Å². The van der Waals surface area contributed by atoms with Gasteiger partial charge in [-0.1, -0.05) is 72.8 Å². The molecular weight excluding hydrogens is 288 g/mol. The fourth-order valence-corrected chi connectivity index (χ4v) is 4.68. The van der Waals surface area contributed by atoms with Gasteiger partial charge in [0.25, 0.3) is 0 Å². The third-order valence-corrected chi connectivity index (χ3v) is 5.72. The molecule has 0 heterocycles. The normalized spacial score (nSPS) is 13.5. The Kier molecular flexibility index (Phi) is 2.28. The van der Waals surface area contributed by atoms with E-state index in [1.165, 1.54) is 55.3 Å². The monoisotopic (exact) mass is 304 g/mol. The van der Waals surface area contributed by atoms with Gasteiger partial charge in [-0.3, -0.25) is 0 Å². The van der Waals surface area contributed by atoms with Crippen molar-refractivity contribution in [3.05, 3.63) is 95.1 Å². The molecule has 6 rings (SSSR count). The van der Waals surface area contributed by atoms with Crippen molar-refractivity contribution < 1.29 is 0 Å². The van der Waals surface area contributed by atoms with E-state index in [1.807, 2.05) is 0 Å². The van der Waals surface area contributed by atoms with Crippen LogP contribution in [0.2, 0.25) is 0 Å². The molecule has 0 amide bonds. The number of benzene rings is 4. The molecule has 2 aliphatic carbocycles. The molecule has 2 aliphatic rings. The quantitative estimate of drug-likeness (QED) is 0.324. The second-order valence-electron chi connectivity index (χ2n) is 6.96. The van der Waals surface area contributed by atoms with Crippen molar-refractivity contribution in [2.24, 2.45) is 0 Å². The van der Waals surface area contributed by atoms with Gasteiger partial charge < -0.3 is 0 Å². The van der Waals surface area contributed by atoms with E-state index in [2.05, 4.69) is 72.8 Å². The maximum Gasteiger partial charge on any atom is -0.000718 e. The Balaban J connectivity index is 1.72. The van der Waals surface area contributed by atoms with Crippen LogP contribution in [-0.2, 0) is 12.8 Å². The molecule has 0 heteroatoms. The summed E-state index contributed by atoms with van der Waals surface area (Å²) in [6, 6.07) is 27.0. The lowest BCUT2D eigenvalue weighted by molar-refractivity contribution is 1.23. The molecule has 0 aliphatic heterocycles. The highest BCUT2D eigenvalue weighted by atomic mass is 14.3. The molecule has 0 saturated carbocycles. The van der Waals surface area contributed by atoms with Crippen LogP contribution in [0.25, 0.3) is 33.0 Å². The summed E-state index contributed by atoms with van der Waals surface area (Å²) in [5.74, 6) is 0. The average molecular weight is 304 g/mol. The highest BCUT2D eigenvalue weighted by molar-refractivity contribution is 6.03. The number of rotatable bonds is 0. The first kappa shape index (κ1) is 12.5. The van der Waals surface area contributed by atoms with Crippen LogP contribution < -0.4 is 0 Å². The Morgan fingerprint density at radius 2 is 1.29 bits per heavy atom. The maximum absolute atomic E-state index is 2.35. The zero-order valence-corrected chi connectivity index (χ0v) is 13.3. The lowest BCUT2D eigenvalue weighted by atomic mass is 9.92. The van der Waals surface area contributed by atoms with E-state index >= 15 is 0 Å². The van der Waals surface area contributed by atoms with Crippen molar-refractivity contribution in [2.45, 2.75) is 12.8 Å². The first-order valence-corrected chi connectivity index (χ1v) is 8.64. The van der Waals surface area contributed by atoms with E-state index in [0.29, 0.717) is 0 Å². The van der Waals surface area contributed by atoms with Crippen LogP contribution in [-0.4, -0.2) is 0 Å². The summed E-state index contributed by atoms with van der Waals surface area (Å²) in [6.45, 7) is 0. The van der Waals surface area contributed by atoms with Crippen LogP contribution in [0, 0.1) is 0 Å². The maximum atomic E-state index is 2.35. The van der Waals surface area contributed by atoms with E-state index in [1.54, 1.807) is 0 Å². The summed E-state index contributed by atoms with van der Waals surface area (Å²) >= 11 is 0. The van der Waals surface area contributed by atoms with Gasteiger partial charge in [-0.25, -0.2) is 0 Å². The third-order valence-electron chi connectivity index (χ3n) is 5.72. The fourth-order valence-electron chi connectivity index (χ4n) is 4.68. The highest BCUT2D eigenvalue weighted by Gasteiger charge is 2.28. The number of fused-ring (bicyclic) bond motifs is 9. The summed E-state index contributed by atoms with van der Waals surface area (Å²) in [5.41, 5.74) is 11.8. The number of hydrogen-bond acceptors (Lipinski definition) is 0. The first-order valence-electron chi connectivity index (χ1n) is 8.64. The van der Waals surface area contributed by atoms with Crippen molar-refractivity contribution in [3.8, 4) is 22.3 Å². The molecule has 24 heavy (non-hydrogen) atoms. The van der Waals surface area contributed by atoms with Gasteiger partial charge in [-0.15, -0.1) is 0 Å². The molecule has 0 radical (unpaired) electrons. The Morgan fingerprint density at radius 3 is 2.29 bits per heavy atom. The van der Waals surface area contributed by atoms with Crippen molar-refractivity contribution in [1.82, 2.24) is 0 Å². The third kappa shape index (κ3) is 1.48. The Labute approximate surface area is 141 Å². The van der Waals surface area contributed by atoms with Gasteiger partial charge in [0.15, 0.2) is 0 Å². The molecule has 0 atom stereocenters. The Bertz CT molecular complexity index is 1150. The second kappa shape index (κ2) is 4.36. The minimum Gasteiger partial charge on any atom is -0.0619 e. The topological polar surface area (TPSA) is 0 Å². The van der Waals surface area contributed by atoms with Crippen molar-refractivity contribution in [2.75, 3.05) is 0 Å². The molecule has 0 unspecified atom stereocenters. The van der Waals surface area contributed by atoms with Gasteiger partial charge in [0.2, 0.25) is 0 Å². The zero-order valence-electron chi connectivity index (χ0n) is 13.3. The molecule has 0 N–H and O–H groups in total. The Morgan fingerprint density at radius 1 is 0.500 bits per heavy atom. The minimum absolute atomic E-state index is 1.07. The van der Waals surface area contributed by atoms with Gasteiger partial charge in [0.05, 0.1) is 0 Å². The molecule has 0 aromatic heterocycles. The summed E-state index contributed by atoms with van der Waals surface area (Å²) in [5, 5.41) is 2.75. The predicted octanol–water partition coefficient (Wildman–Crippen LogP) is 5.98. The van der Waals surface area contributed by atoms with E-state index < -0.39 is 0 Å². The molecular formula is C24H16. The number of hydrogen-bond donors (Lipinski definition) is 0. The van der Waals surface area contributed by atoms with Crippen LogP contribution >= 0.6 is 0 Å². The summed E-state index contributed by atoms with van der Waals surface area (Å²) in [7, 11) is 0. The molecule has 112 valence electrons. The predicted molar refractivity (Wildman–Crippen MR) is 100 cm³/mol. The van der Waals surface area contributed by atoms with Gasteiger partial charge >= 0.3 is 0 Å². The fraction of sp³-hybridized carbons (Fsp3) is 0.0833. The van der Waals surface area contributed by atoms with E-state index in [4.69, 9.17) is 0 Å². The summed E-state index contributed by atoms with van der Waals surface area (Å²) < 4.78 is 0. The van der Waals surface area contributed by atoms with Crippen molar-refractivity contribution in [1.29, 1.82) is 0 Å². The van der Waals surface area contributed by atoms with E-state index in [9.17, 15) is 0 Å². The van der Waals surface area contributed by atoms with Gasteiger partial charge in [-0.05, 0) is 68.1 Å². The lowest BCUT2D eigenvalue weighted by Gasteiger charge is -2.11. The van der Waals surface area contributed by atoms with Crippen LogP contribution in [0.3, 0.4) is 0 Å². The second-order valence-corrected chi connectivity index (χ2v) is 6.96. The zero-order chi connectivity index (χ0) is 15.7. The summed E-state index contributed by atoms with van der Waals surface area (Å²) in [6.07, 6.45) is 2.14. The summed E-state index contributed by atoms with van der Waals surface area (Å²) in [4.78, 5) is 0. The van der Waals surface area contributed by atoms with Crippen LogP contribution in [0.1, 0.15) is 22.3 Å². The molecule has 0 fully saturated rings. The van der Waals surface area contributed by atoms with Crippen LogP contribution in [0.5, 0.6) is 0 Å². The van der Waals surface area contributed by atoms with E-state index in [0.717, 1.165) is 12.8 Å². The van der Waals surface area contributed by atoms with Crippen LogP contribution in [0.15, 0.2) is 72.8 Å². The molecule has 4 aromatic rings. The highest BCUT2D eigenvalue weighted by Crippen LogP contribution is 2.49. The largest absolute Gasteiger partial charge is 0.0619 e. The SMILES string of the molecule is c1ccc2c(c1)Cc1c-2ccc2c1-c1c(ccc3ccccc13)C2. The molecule has 4 aromatic carbocycles. The van der Waals surface area contributed by atoms with E-state index in [-0.39, 0.29) is 0 Å².